The summed E-state index contributed by atoms with van der Waals surface area (Å²) in [4.78, 5) is 11.6. The Morgan fingerprint density at radius 2 is 1.95 bits per heavy atom. The van der Waals surface area contributed by atoms with Gasteiger partial charge < -0.3 is 10.1 Å². The number of hydrogen-bond donors (Lipinski definition) is 1. The molecule has 20 heavy (non-hydrogen) atoms. The number of ether oxygens (including phenoxy) is 1. The van der Waals surface area contributed by atoms with E-state index in [1.807, 2.05) is 0 Å². The molecule has 1 fully saturated rings. The van der Waals surface area contributed by atoms with Crippen molar-refractivity contribution in [2.75, 3.05) is 6.54 Å². The minimum absolute atomic E-state index is 0.117. The third-order valence-electron chi connectivity index (χ3n) is 3.36. The highest BCUT2D eigenvalue weighted by Gasteiger charge is 2.32. The number of nitrogens with one attached hydrogen (secondary N) is 1. The summed E-state index contributed by atoms with van der Waals surface area (Å²) in [5.41, 5.74) is 0.654. The lowest BCUT2D eigenvalue weighted by Gasteiger charge is -2.09. The zero-order valence-corrected chi connectivity index (χ0v) is 11.0. The lowest BCUT2D eigenvalue weighted by molar-refractivity contribution is -0.274. The predicted octanol–water partition coefficient (Wildman–Crippen LogP) is 2.90. The van der Waals surface area contributed by atoms with Crippen LogP contribution in [-0.4, -0.2) is 18.8 Å². The third kappa shape index (κ3) is 4.75. The first kappa shape index (κ1) is 14.7. The first-order valence-electron chi connectivity index (χ1n) is 6.45. The van der Waals surface area contributed by atoms with Crippen LogP contribution in [0.4, 0.5) is 13.2 Å². The zero-order valence-electron chi connectivity index (χ0n) is 11.0. The number of hydrogen-bond acceptors (Lipinski definition) is 2. The molecule has 3 nitrogen and oxygen atoms in total. The second-order valence-electron chi connectivity index (χ2n) is 5.15. The van der Waals surface area contributed by atoms with Crippen molar-refractivity contribution >= 4 is 5.91 Å². The summed E-state index contributed by atoms with van der Waals surface area (Å²) in [6.07, 6.45) is -3.39. The molecule has 0 radical (unpaired) electrons. The molecule has 1 aromatic carbocycles. The molecule has 0 unspecified atom stereocenters. The van der Waals surface area contributed by atoms with Gasteiger partial charge in [-0.1, -0.05) is 19.1 Å². The highest BCUT2D eigenvalue weighted by molar-refractivity contribution is 5.78. The minimum Gasteiger partial charge on any atom is -0.406 e. The smallest absolute Gasteiger partial charge is 0.406 e. The van der Waals surface area contributed by atoms with Crippen molar-refractivity contribution in [3.05, 3.63) is 29.8 Å². The van der Waals surface area contributed by atoms with E-state index in [9.17, 15) is 18.0 Å². The molecule has 2 rings (SSSR count). The van der Waals surface area contributed by atoms with E-state index in [0.717, 1.165) is 6.42 Å². The molecule has 0 bridgehead atoms. The van der Waals surface area contributed by atoms with E-state index in [4.69, 9.17) is 0 Å². The van der Waals surface area contributed by atoms with Crippen LogP contribution in [0.3, 0.4) is 0 Å². The maximum Gasteiger partial charge on any atom is 0.573 e. The average Bonchev–Trinajstić information content (AvgIpc) is 3.04. The van der Waals surface area contributed by atoms with E-state index in [-0.39, 0.29) is 18.1 Å². The molecule has 1 saturated carbocycles. The molecule has 1 aliphatic carbocycles. The van der Waals surface area contributed by atoms with Gasteiger partial charge in [0, 0.05) is 6.54 Å². The van der Waals surface area contributed by atoms with E-state index in [2.05, 4.69) is 17.0 Å². The molecule has 0 saturated heterocycles. The molecular formula is C14H16F3NO2. The van der Waals surface area contributed by atoms with Crippen LogP contribution in [0.1, 0.15) is 18.9 Å². The minimum atomic E-state index is -4.69. The molecular weight excluding hydrogens is 271 g/mol. The molecule has 1 N–H and O–H groups in total. The monoisotopic (exact) mass is 287 g/mol. The Hall–Kier alpha value is -1.72. The van der Waals surface area contributed by atoms with Gasteiger partial charge in [-0.25, -0.2) is 0 Å². The first-order valence-corrected chi connectivity index (χ1v) is 6.45. The van der Waals surface area contributed by atoms with Gasteiger partial charge in [0.15, 0.2) is 0 Å². The van der Waals surface area contributed by atoms with Gasteiger partial charge in [-0.05, 0) is 36.0 Å². The molecule has 110 valence electrons. The maximum atomic E-state index is 12.0. The second-order valence-corrected chi connectivity index (χ2v) is 5.15. The standard InChI is InChI=1S/C14H16F3NO2/c1-9-6-11(9)8-18-13(19)7-10-2-4-12(5-3-10)20-14(15,16)17/h2-5,9,11H,6-8H2,1H3,(H,18,19)/t9-,11-/m0/s1. The van der Waals surface area contributed by atoms with E-state index in [1.165, 1.54) is 24.3 Å². The fourth-order valence-corrected chi connectivity index (χ4v) is 1.99. The fourth-order valence-electron chi connectivity index (χ4n) is 1.99. The van der Waals surface area contributed by atoms with Crippen LogP contribution in [0.15, 0.2) is 24.3 Å². The topological polar surface area (TPSA) is 38.3 Å². The number of alkyl halides is 3. The summed E-state index contributed by atoms with van der Waals surface area (Å²) in [6, 6.07) is 5.33. The Labute approximate surface area is 115 Å². The van der Waals surface area contributed by atoms with Crippen LogP contribution in [0.2, 0.25) is 0 Å². The zero-order chi connectivity index (χ0) is 14.8. The van der Waals surface area contributed by atoms with Crippen LogP contribution in [0, 0.1) is 11.8 Å². The van der Waals surface area contributed by atoms with Crippen LogP contribution < -0.4 is 10.1 Å². The summed E-state index contributed by atoms with van der Waals surface area (Å²) >= 11 is 0. The third-order valence-corrected chi connectivity index (χ3v) is 3.36. The molecule has 6 heteroatoms. The molecule has 1 aromatic rings. The lowest BCUT2D eigenvalue weighted by atomic mass is 10.1. The number of amides is 1. The molecule has 0 heterocycles. The van der Waals surface area contributed by atoms with E-state index < -0.39 is 6.36 Å². The fraction of sp³-hybridized carbons (Fsp3) is 0.500. The van der Waals surface area contributed by atoms with Crippen molar-refractivity contribution in [2.45, 2.75) is 26.1 Å². The van der Waals surface area contributed by atoms with Gasteiger partial charge in [0.05, 0.1) is 6.42 Å². The molecule has 1 amide bonds. The average molecular weight is 287 g/mol. The first-order chi connectivity index (χ1) is 9.33. The van der Waals surface area contributed by atoms with E-state index in [1.54, 1.807) is 0 Å². The van der Waals surface area contributed by atoms with Gasteiger partial charge in [-0.3, -0.25) is 4.79 Å². The largest absolute Gasteiger partial charge is 0.573 e. The van der Waals surface area contributed by atoms with Crippen molar-refractivity contribution < 1.29 is 22.7 Å². The molecule has 0 aliphatic heterocycles. The molecule has 2 atom stereocenters. The van der Waals surface area contributed by atoms with Crippen molar-refractivity contribution in [2.24, 2.45) is 11.8 Å². The van der Waals surface area contributed by atoms with E-state index >= 15 is 0 Å². The van der Waals surface area contributed by atoms with Crippen LogP contribution in [0.5, 0.6) is 5.75 Å². The van der Waals surface area contributed by atoms with Gasteiger partial charge in [-0.15, -0.1) is 13.2 Å². The Kier molecular flexibility index (Phi) is 4.20. The molecule has 0 aromatic heterocycles. The summed E-state index contributed by atoms with van der Waals surface area (Å²) in [5.74, 6) is 0.845. The summed E-state index contributed by atoms with van der Waals surface area (Å²) < 4.78 is 39.7. The maximum absolute atomic E-state index is 12.0. The lowest BCUT2D eigenvalue weighted by Crippen LogP contribution is -2.27. The SMILES string of the molecule is C[C@H]1C[C@H]1CNC(=O)Cc1ccc(OC(F)(F)F)cc1. The molecule has 0 spiro atoms. The number of halogens is 3. The van der Waals surface area contributed by atoms with Crippen LogP contribution in [0.25, 0.3) is 0 Å². The Morgan fingerprint density at radius 1 is 1.35 bits per heavy atom. The number of carbonyl (C=O) groups is 1. The van der Waals surface area contributed by atoms with Gasteiger partial charge in [0.1, 0.15) is 5.75 Å². The quantitative estimate of drug-likeness (QED) is 0.904. The van der Waals surface area contributed by atoms with Gasteiger partial charge >= 0.3 is 6.36 Å². The highest BCUT2D eigenvalue weighted by Crippen LogP contribution is 2.36. The summed E-state index contributed by atoms with van der Waals surface area (Å²) in [5, 5.41) is 2.83. The van der Waals surface area contributed by atoms with Gasteiger partial charge in [0.2, 0.25) is 5.91 Å². The second kappa shape index (κ2) is 5.73. The van der Waals surface area contributed by atoms with Gasteiger partial charge in [0.25, 0.3) is 0 Å². The summed E-state index contributed by atoms with van der Waals surface area (Å²) in [6.45, 7) is 2.81. The Morgan fingerprint density at radius 3 is 2.45 bits per heavy atom. The van der Waals surface area contributed by atoms with Crippen molar-refractivity contribution in [3.63, 3.8) is 0 Å². The normalized spacial score (nSPS) is 21.4. The highest BCUT2D eigenvalue weighted by atomic mass is 19.4. The van der Waals surface area contributed by atoms with Crippen LogP contribution >= 0.6 is 0 Å². The number of rotatable bonds is 5. The number of benzene rings is 1. The Bertz CT molecular complexity index is 470. The van der Waals surface area contributed by atoms with Crippen LogP contribution in [-0.2, 0) is 11.2 Å². The predicted molar refractivity (Wildman–Crippen MR) is 67.1 cm³/mol. The van der Waals surface area contributed by atoms with Gasteiger partial charge in [-0.2, -0.15) is 0 Å². The van der Waals surface area contributed by atoms with Crippen molar-refractivity contribution in [1.82, 2.24) is 5.32 Å². The van der Waals surface area contributed by atoms with Crippen molar-refractivity contribution in [1.29, 1.82) is 0 Å². The molecule has 1 aliphatic rings. The number of carbonyl (C=O) groups excluding carboxylic acids is 1. The Balaban J connectivity index is 1.79. The van der Waals surface area contributed by atoms with Crippen molar-refractivity contribution in [3.8, 4) is 5.75 Å². The van der Waals surface area contributed by atoms with E-state index in [0.29, 0.717) is 23.9 Å². The summed E-state index contributed by atoms with van der Waals surface area (Å²) in [7, 11) is 0.